The fraction of sp³-hybridized carbons (Fsp3) is 0.643. The van der Waals surface area contributed by atoms with Crippen molar-refractivity contribution in [3.63, 3.8) is 0 Å². The fourth-order valence-electron chi connectivity index (χ4n) is 2.16. The molecule has 1 atom stereocenters. The van der Waals surface area contributed by atoms with E-state index >= 15 is 0 Å². The number of hydrogen-bond donors (Lipinski definition) is 1. The molecule has 1 aliphatic rings. The molecule has 0 spiro atoms. The Bertz CT molecular complexity index is 358. The largest absolute Gasteiger partial charge is 0.489 e. The van der Waals surface area contributed by atoms with E-state index in [4.69, 9.17) is 4.74 Å². The number of aromatic nitrogens is 1. The lowest BCUT2D eigenvalue weighted by atomic mass is 10.1. The van der Waals surface area contributed by atoms with Gasteiger partial charge in [-0.1, -0.05) is 0 Å². The van der Waals surface area contributed by atoms with Crippen molar-refractivity contribution in [2.24, 2.45) is 0 Å². The second-order valence-electron chi connectivity index (χ2n) is 5.05. The first-order valence-corrected chi connectivity index (χ1v) is 6.67. The summed E-state index contributed by atoms with van der Waals surface area (Å²) in [4.78, 5) is 6.78. The van der Waals surface area contributed by atoms with Crippen LogP contribution >= 0.6 is 0 Å². The molecule has 18 heavy (non-hydrogen) atoms. The molecule has 0 aromatic carbocycles. The van der Waals surface area contributed by atoms with E-state index < -0.39 is 0 Å². The van der Waals surface area contributed by atoms with Crippen LogP contribution in [0.15, 0.2) is 18.3 Å². The van der Waals surface area contributed by atoms with Gasteiger partial charge in [-0.2, -0.15) is 0 Å². The standard InChI is InChI=1S/C14H23N3O/c1-11(15-2)14-5-4-13(10-16-14)18-12-6-8-17(3)9-7-12/h4-5,10-12,15H,6-9H2,1-3H3. The topological polar surface area (TPSA) is 37.4 Å². The highest BCUT2D eigenvalue weighted by Crippen LogP contribution is 2.19. The van der Waals surface area contributed by atoms with Gasteiger partial charge >= 0.3 is 0 Å². The zero-order valence-electron chi connectivity index (χ0n) is 11.5. The Morgan fingerprint density at radius 2 is 2.11 bits per heavy atom. The summed E-state index contributed by atoms with van der Waals surface area (Å²) in [5.41, 5.74) is 1.05. The summed E-state index contributed by atoms with van der Waals surface area (Å²) in [5.74, 6) is 0.886. The Kier molecular flexibility index (Phi) is 4.55. The lowest BCUT2D eigenvalue weighted by Gasteiger charge is -2.29. The molecule has 1 aliphatic heterocycles. The van der Waals surface area contributed by atoms with Crippen molar-refractivity contribution in [2.45, 2.75) is 31.9 Å². The first-order valence-electron chi connectivity index (χ1n) is 6.67. The van der Waals surface area contributed by atoms with Crippen LogP contribution in [0.5, 0.6) is 5.75 Å². The molecule has 1 saturated heterocycles. The molecule has 1 aromatic rings. The maximum atomic E-state index is 5.96. The molecule has 4 nitrogen and oxygen atoms in total. The molecule has 1 aromatic heterocycles. The Balaban J connectivity index is 1.90. The van der Waals surface area contributed by atoms with E-state index in [1.54, 1.807) is 0 Å². The minimum Gasteiger partial charge on any atom is -0.489 e. The van der Waals surface area contributed by atoms with Crippen LogP contribution in [0, 0.1) is 0 Å². The number of nitrogens with zero attached hydrogens (tertiary/aromatic N) is 2. The third-order valence-electron chi connectivity index (χ3n) is 3.60. The van der Waals surface area contributed by atoms with Crippen molar-refractivity contribution < 1.29 is 4.74 Å². The third kappa shape index (κ3) is 3.43. The molecule has 1 N–H and O–H groups in total. The highest BCUT2D eigenvalue weighted by atomic mass is 16.5. The van der Waals surface area contributed by atoms with Gasteiger partial charge in [-0.05, 0) is 46.0 Å². The van der Waals surface area contributed by atoms with Crippen molar-refractivity contribution in [1.29, 1.82) is 0 Å². The van der Waals surface area contributed by atoms with Gasteiger partial charge in [0.25, 0.3) is 0 Å². The Hall–Kier alpha value is -1.13. The smallest absolute Gasteiger partial charge is 0.138 e. The molecule has 0 amide bonds. The maximum Gasteiger partial charge on any atom is 0.138 e. The highest BCUT2D eigenvalue weighted by molar-refractivity contribution is 5.21. The number of rotatable bonds is 4. The number of nitrogens with one attached hydrogen (secondary N) is 1. The molecule has 0 aliphatic carbocycles. The molecule has 2 heterocycles. The lowest BCUT2D eigenvalue weighted by molar-refractivity contribution is 0.114. The van der Waals surface area contributed by atoms with Crippen molar-refractivity contribution in [1.82, 2.24) is 15.2 Å². The van der Waals surface area contributed by atoms with Gasteiger partial charge in [0.1, 0.15) is 11.9 Å². The number of likely N-dealkylation sites (tertiary alicyclic amines) is 1. The molecule has 0 saturated carbocycles. The van der Waals surface area contributed by atoms with Gasteiger partial charge in [0.15, 0.2) is 0 Å². The number of ether oxygens (including phenoxy) is 1. The summed E-state index contributed by atoms with van der Waals surface area (Å²) >= 11 is 0. The monoisotopic (exact) mass is 249 g/mol. The van der Waals surface area contributed by atoms with E-state index in [-0.39, 0.29) is 6.04 Å². The molecule has 4 heteroatoms. The average molecular weight is 249 g/mol. The molecular weight excluding hydrogens is 226 g/mol. The zero-order chi connectivity index (χ0) is 13.0. The minimum absolute atomic E-state index is 0.280. The van der Waals surface area contributed by atoms with Crippen LogP contribution in [0.2, 0.25) is 0 Å². The highest BCUT2D eigenvalue weighted by Gasteiger charge is 2.18. The van der Waals surface area contributed by atoms with Gasteiger partial charge in [0, 0.05) is 19.1 Å². The first kappa shape index (κ1) is 13.3. The fourth-order valence-corrected chi connectivity index (χ4v) is 2.16. The summed E-state index contributed by atoms with van der Waals surface area (Å²) in [6.07, 6.45) is 4.38. The quantitative estimate of drug-likeness (QED) is 0.883. The lowest BCUT2D eigenvalue weighted by Crippen LogP contribution is -2.35. The van der Waals surface area contributed by atoms with E-state index in [0.717, 1.165) is 37.4 Å². The van der Waals surface area contributed by atoms with Crippen molar-refractivity contribution in [2.75, 3.05) is 27.2 Å². The summed E-state index contributed by atoms with van der Waals surface area (Å²) in [7, 11) is 4.10. The van der Waals surface area contributed by atoms with Crippen LogP contribution < -0.4 is 10.1 Å². The summed E-state index contributed by atoms with van der Waals surface area (Å²) in [5, 5.41) is 3.18. The normalized spacial score (nSPS) is 19.7. The minimum atomic E-state index is 0.280. The van der Waals surface area contributed by atoms with Gasteiger partial charge in [-0.3, -0.25) is 4.98 Å². The number of piperidine rings is 1. The summed E-state index contributed by atoms with van der Waals surface area (Å²) < 4.78 is 5.96. The van der Waals surface area contributed by atoms with Crippen LogP contribution in [-0.2, 0) is 0 Å². The summed E-state index contributed by atoms with van der Waals surface area (Å²) in [6, 6.07) is 4.34. The SMILES string of the molecule is CNC(C)c1ccc(OC2CCN(C)CC2)cn1. The molecule has 1 unspecified atom stereocenters. The van der Waals surface area contributed by atoms with Gasteiger partial charge in [-0.15, -0.1) is 0 Å². The third-order valence-corrected chi connectivity index (χ3v) is 3.60. The Labute approximate surface area is 109 Å². The van der Waals surface area contributed by atoms with Gasteiger partial charge in [0.05, 0.1) is 11.9 Å². The second-order valence-corrected chi connectivity index (χ2v) is 5.05. The molecule has 100 valence electrons. The second kappa shape index (κ2) is 6.16. The van der Waals surface area contributed by atoms with Gasteiger partial charge in [0.2, 0.25) is 0 Å². The molecule has 2 rings (SSSR count). The predicted molar refractivity (Wildman–Crippen MR) is 72.9 cm³/mol. The van der Waals surface area contributed by atoms with E-state index in [1.165, 1.54) is 0 Å². The van der Waals surface area contributed by atoms with Crippen LogP contribution in [0.4, 0.5) is 0 Å². The number of pyridine rings is 1. The van der Waals surface area contributed by atoms with E-state index in [1.807, 2.05) is 25.4 Å². The van der Waals surface area contributed by atoms with Crippen LogP contribution in [-0.4, -0.2) is 43.2 Å². The number of hydrogen-bond acceptors (Lipinski definition) is 4. The summed E-state index contributed by atoms with van der Waals surface area (Å²) in [6.45, 7) is 4.33. The van der Waals surface area contributed by atoms with E-state index in [2.05, 4.69) is 29.2 Å². The van der Waals surface area contributed by atoms with Crippen molar-refractivity contribution >= 4 is 0 Å². The molecule has 0 bridgehead atoms. The first-order chi connectivity index (χ1) is 8.69. The predicted octanol–water partition coefficient (Wildman–Crippen LogP) is 1.83. The Morgan fingerprint density at radius 3 is 2.67 bits per heavy atom. The molecule has 0 radical (unpaired) electrons. The van der Waals surface area contributed by atoms with Crippen LogP contribution in [0.1, 0.15) is 31.5 Å². The maximum absolute atomic E-state index is 5.96. The molecular formula is C14H23N3O. The average Bonchev–Trinajstić information content (AvgIpc) is 2.41. The van der Waals surface area contributed by atoms with Gasteiger partial charge in [-0.25, -0.2) is 0 Å². The van der Waals surface area contributed by atoms with Crippen molar-refractivity contribution in [3.05, 3.63) is 24.0 Å². The zero-order valence-corrected chi connectivity index (χ0v) is 11.5. The van der Waals surface area contributed by atoms with Crippen LogP contribution in [0.25, 0.3) is 0 Å². The van der Waals surface area contributed by atoms with E-state index in [0.29, 0.717) is 6.10 Å². The molecule has 1 fully saturated rings. The van der Waals surface area contributed by atoms with Crippen molar-refractivity contribution in [3.8, 4) is 5.75 Å². The van der Waals surface area contributed by atoms with Crippen LogP contribution in [0.3, 0.4) is 0 Å². The Morgan fingerprint density at radius 1 is 1.39 bits per heavy atom. The van der Waals surface area contributed by atoms with Gasteiger partial charge < -0.3 is 15.0 Å². The van der Waals surface area contributed by atoms with E-state index in [9.17, 15) is 0 Å².